The second-order valence-corrected chi connectivity index (χ2v) is 10.1. The first-order chi connectivity index (χ1) is 15.5. The van der Waals surface area contributed by atoms with E-state index in [1.54, 1.807) is 45.0 Å². The Morgan fingerprint density at radius 1 is 1.03 bits per heavy atom. The lowest BCUT2D eigenvalue weighted by molar-refractivity contribution is 0.0483. The maximum atomic E-state index is 13.0. The van der Waals surface area contributed by atoms with Crippen molar-refractivity contribution in [3.8, 4) is 5.75 Å². The number of benzene rings is 2. The van der Waals surface area contributed by atoms with Crippen LogP contribution in [0.25, 0.3) is 0 Å². The molecule has 0 aliphatic heterocycles. The lowest BCUT2D eigenvalue weighted by Crippen LogP contribution is -2.33. The van der Waals surface area contributed by atoms with Gasteiger partial charge in [-0.3, -0.25) is 4.31 Å². The van der Waals surface area contributed by atoms with E-state index < -0.39 is 27.7 Å². The molecule has 180 valence electrons. The van der Waals surface area contributed by atoms with Gasteiger partial charge < -0.3 is 19.5 Å². The van der Waals surface area contributed by atoms with Crippen LogP contribution in [0.5, 0.6) is 5.75 Å². The van der Waals surface area contributed by atoms with Crippen LogP contribution in [-0.4, -0.2) is 53.4 Å². The average Bonchev–Trinajstić information content (AvgIpc) is 2.77. The van der Waals surface area contributed by atoms with Crippen molar-refractivity contribution in [3.05, 3.63) is 54.1 Å². The minimum Gasteiger partial charge on any atom is -0.495 e. The van der Waals surface area contributed by atoms with Gasteiger partial charge in [-0.15, -0.1) is 0 Å². The highest BCUT2D eigenvalue weighted by atomic mass is 32.2. The number of sulfonamides is 1. The van der Waals surface area contributed by atoms with Crippen LogP contribution in [0.2, 0.25) is 0 Å². The average molecular weight is 479 g/mol. The zero-order valence-electron chi connectivity index (χ0n) is 19.5. The van der Waals surface area contributed by atoms with E-state index in [9.17, 15) is 18.0 Å². The smallest absolute Gasteiger partial charge is 0.407 e. The van der Waals surface area contributed by atoms with Crippen LogP contribution in [0, 0.1) is 0 Å². The summed E-state index contributed by atoms with van der Waals surface area (Å²) in [6, 6.07) is 12.3. The number of rotatable bonds is 9. The third-order valence-electron chi connectivity index (χ3n) is 4.40. The Hall–Kier alpha value is -3.27. The Bertz CT molecular complexity index is 1060. The number of esters is 1. The molecule has 0 spiro atoms. The second kappa shape index (κ2) is 11.0. The van der Waals surface area contributed by atoms with Gasteiger partial charge in [-0.05, 0) is 63.6 Å². The first-order valence-electron chi connectivity index (χ1n) is 10.3. The van der Waals surface area contributed by atoms with Gasteiger partial charge in [-0.2, -0.15) is 0 Å². The zero-order valence-corrected chi connectivity index (χ0v) is 20.3. The van der Waals surface area contributed by atoms with Crippen molar-refractivity contribution in [3.63, 3.8) is 0 Å². The van der Waals surface area contributed by atoms with Crippen LogP contribution in [-0.2, 0) is 19.5 Å². The van der Waals surface area contributed by atoms with Crippen LogP contribution in [0.15, 0.2) is 53.4 Å². The third-order valence-corrected chi connectivity index (χ3v) is 6.18. The molecule has 2 aromatic rings. The van der Waals surface area contributed by atoms with E-state index in [0.29, 0.717) is 17.9 Å². The van der Waals surface area contributed by atoms with Gasteiger partial charge in [0.2, 0.25) is 0 Å². The summed E-state index contributed by atoms with van der Waals surface area (Å²) < 4.78 is 42.6. The summed E-state index contributed by atoms with van der Waals surface area (Å²) in [4.78, 5) is 23.8. The van der Waals surface area contributed by atoms with Gasteiger partial charge in [0.05, 0.1) is 29.9 Å². The van der Waals surface area contributed by atoms with Crippen molar-refractivity contribution in [2.75, 3.05) is 31.6 Å². The second-order valence-electron chi connectivity index (χ2n) is 8.09. The maximum Gasteiger partial charge on any atom is 0.407 e. The van der Waals surface area contributed by atoms with Gasteiger partial charge in [0, 0.05) is 13.6 Å². The molecule has 0 bridgehead atoms. The van der Waals surface area contributed by atoms with Crippen molar-refractivity contribution in [1.82, 2.24) is 5.32 Å². The van der Waals surface area contributed by atoms with Gasteiger partial charge in [0.25, 0.3) is 10.0 Å². The number of ether oxygens (including phenoxy) is 3. The minimum absolute atomic E-state index is 0.0222. The summed E-state index contributed by atoms with van der Waals surface area (Å²) in [5.41, 5.74) is 0.0236. The quantitative estimate of drug-likeness (QED) is 0.433. The molecule has 0 aromatic heterocycles. The van der Waals surface area contributed by atoms with E-state index >= 15 is 0 Å². The molecule has 0 atom stereocenters. The molecule has 0 fully saturated rings. The molecule has 10 heteroatoms. The standard InChI is InChI=1S/C23H30N2O7S/c1-23(2,3)32-22(27)24-15-8-16-31-21(26)17-11-13-18(14-12-17)33(28,29)25(4)19-9-6-7-10-20(19)30-5/h6-7,9-14H,8,15-16H2,1-5H3,(H,24,27). The molecule has 0 aliphatic rings. The van der Waals surface area contributed by atoms with Gasteiger partial charge >= 0.3 is 12.1 Å². The lowest BCUT2D eigenvalue weighted by Gasteiger charge is -2.21. The number of carbonyl (C=O) groups excluding carboxylic acids is 2. The highest BCUT2D eigenvalue weighted by Gasteiger charge is 2.24. The number of carbonyl (C=O) groups is 2. The van der Waals surface area contributed by atoms with Crippen LogP contribution in [0.3, 0.4) is 0 Å². The van der Waals surface area contributed by atoms with Crippen molar-refractivity contribution in [2.45, 2.75) is 37.7 Å². The molecule has 33 heavy (non-hydrogen) atoms. The van der Waals surface area contributed by atoms with Crippen LogP contribution in [0.4, 0.5) is 10.5 Å². The van der Waals surface area contributed by atoms with E-state index in [0.717, 1.165) is 4.31 Å². The Kier molecular flexibility index (Phi) is 8.69. The Labute approximate surface area is 194 Å². The maximum absolute atomic E-state index is 13.0. The number of anilines is 1. The summed E-state index contributed by atoms with van der Waals surface area (Å²) >= 11 is 0. The fourth-order valence-corrected chi connectivity index (χ4v) is 3.97. The third kappa shape index (κ3) is 7.38. The summed E-state index contributed by atoms with van der Waals surface area (Å²) in [6.07, 6.45) is -0.134. The molecule has 0 unspecified atom stereocenters. The molecule has 1 amide bonds. The topological polar surface area (TPSA) is 111 Å². The summed E-state index contributed by atoms with van der Waals surface area (Å²) in [7, 11) is -0.967. The number of nitrogens with one attached hydrogen (secondary N) is 1. The number of methoxy groups -OCH3 is 1. The van der Waals surface area contributed by atoms with Gasteiger partial charge in [0.15, 0.2) is 0 Å². The van der Waals surface area contributed by atoms with Gasteiger partial charge in [-0.25, -0.2) is 18.0 Å². The fourth-order valence-electron chi connectivity index (χ4n) is 2.77. The first kappa shape index (κ1) is 26.0. The number of hydrogen-bond acceptors (Lipinski definition) is 7. The number of para-hydroxylation sites is 2. The summed E-state index contributed by atoms with van der Waals surface area (Å²) in [6.45, 7) is 5.67. The number of hydrogen-bond donors (Lipinski definition) is 1. The molecule has 2 aromatic carbocycles. The minimum atomic E-state index is -3.86. The van der Waals surface area contributed by atoms with Crippen molar-refractivity contribution in [2.24, 2.45) is 0 Å². The van der Waals surface area contributed by atoms with Crippen molar-refractivity contribution in [1.29, 1.82) is 0 Å². The van der Waals surface area contributed by atoms with Crippen LogP contribution >= 0.6 is 0 Å². The number of alkyl carbamates (subject to hydrolysis) is 1. The van der Waals surface area contributed by atoms with E-state index in [1.807, 2.05) is 0 Å². The summed E-state index contributed by atoms with van der Waals surface area (Å²) in [5, 5.41) is 2.58. The van der Waals surface area contributed by atoms with E-state index in [-0.39, 0.29) is 23.6 Å². The largest absolute Gasteiger partial charge is 0.495 e. The van der Waals surface area contributed by atoms with Crippen molar-refractivity contribution >= 4 is 27.8 Å². The molecule has 0 saturated carbocycles. The molecule has 2 rings (SSSR count). The molecule has 0 heterocycles. The van der Waals surface area contributed by atoms with E-state index in [1.165, 1.54) is 38.4 Å². The normalized spacial score (nSPS) is 11.4. The molecule has 9 nitrogen and oxygen atoms in total. The van der Waals surface area contributed by atoms with Gasteiger partial charge in [-0.1, -0.05) is 12.1 Å². The Morgan fingerprint density at radius 2 is 1.67 bits per heavy atom. The molecule has 0 aliphatic carbocycles. The fraction of sp³-hybridized carbons (Fsp3) is 0.391. The zero-order chi connectivity index (χ0) is 24.6. The highest BCUT2D eigenvalue weighted by molar-refractivity contribution is 7.92. The lowest BCUT2D eigenvalue weighted by atomic mass is 10.2. The van der Waals surface area contributed by atoms with E-state index in [4.69, 9.17) is 14.2 Å². The predicted molar refractivity (Wildman–Crippen MR) is 124 cm³/mol. The molecule has 1 N–H and O–H groups in total. The van der Waals surface area contributed by atoms with Crippen LogP contribution < -0.4 is 14.4 Å². The molecular weight excluding hydrogens is 448 g/mol. The number of amides is 1. The highest BCUT2D eigenvalue weighted by Crippen LogP contribution is 2.30. The number of nitrogens with zero attached hydrogens (tertiary/aromatic N) is 1. The van der Waals surface area contributed by atoms with Crippen molar-refractivity contribution < 1.29 is 32.2 Å². The summed E-state index contributed by atoms with van der Waals surface area (Å²) in [5.74, 6) is -0.167. The van der Waals surface area contributed by atoms with Crippen LogP contribution in [0.1, 0.15) is 37.6 Å². The monoisotopic (exact) mass is 478 g/mol. The SMILES string of the molecule is COc1ccccc1N(C)S(=O)(=O)c1ccc(C(=O)OCCCNC(=O)OC(C)(C)C)cc1. The predicted octanol–water partition coefficient (Wildman–Crippen LogP) is 3.59. The Morgan fingerprint density at radius 3 is 2.27 bits per heavy atom. The first-order valence-corrected chi connectivity index (χ1v) is 11.8. The van der Waals surface area contributed by atoms with Gasteiger partial charge in [0.1, 0.15) is 11.4 Å². The molecule has 0 radical (unpaired) electrons. The van der Waals surface area contributed by atoms with E-state index in [2.05, 4.69) is 5.32 Å². The molecule has 0 saturated heterocycles. The Balaban J connectivity index is 1.92. The molecular formula is C23H30N2O7S.